The molecule has 0 aliphatic heterocycles. The van der Waals surface area contributed by atoms with E-state index in [-0.39, 0.29) is 11.8 Å². The number of hydrogen-bond donors (Lipinski definition) is 2. The fourth-order valence-corrected chi connectivity index (χ4v) is 4.30. The Hall–Kier alpha value is -3.31. The van der Waals surface area contributed by atoms with E-state index >= 15 is 0 Å². The van der Waals surface area contributed by atoms with Crippen LogP contribution in [0.25, 0.3) is 10.8 Å². The third kappa shape index (κ3) is 4.16. The number of carbonyl (C=O) groups is 1. The van der Waals surface area contributed by atoms with E-state index < -0.39 is 0 Å². The number of para-hydroxylation sites is 1. The molecule has 1 aliphatic carbocycles. The maximum absolute atomic E-state index is 12.7. The molecule has 4 nitrogen and oxygen atoms in total. The van der Waals surface area contributed by atoms with Gasteiger partial charge in [-0.3, -0.25) is 9.78 Å². The Morgan fingerprint density at radius 1 is 0.900 bits per heavy atom. The first kappa shape index (κ1) is 18.7. The van der Waals surface area contributed by atoms with E-state index in [4.69, 9.17) is 0 Å². The Morgan fingerprint density at radius 2 is 1.73 bits per heavy atom. The summed E-state index contributed by atoms with van der Waals surface area (Å²) in [7, 11) is 0. The SMILES string of the molecule is O=C(Nc1ccc2cnccc2c1)C1C[C@H]1c1ccc(SNc2ccccc2)cc1. The Balaban J connectivity index is 1.18. The Morgan fingerprint density at radius 3 is 2.57 bits per heavy atom. The van der Waals surface area contributed by atoms with E-state index in [0.29, 0.717) is 5.92 Å². The highest BCUT2D eigenvalue weighted by Crippen LogP contribution is 2.48. The van der Waals surface area contributed by atoms with Crippen molar-refractivity contribution in [3.8, 4) is 0 Å². The molecular weight excluding hydrogens is 390 g/mol. The second-order valence-corrected chi connectivity index (χ2v) is 8.39. The number of nitrogens with one attached hydrogen (secondary N) is 2. The number of anilines is 2. The summed E-state index contributed by atoms with van der Waals surface area (Å²) in [4.78, 5) is 18.0. The van der Waals surface area contributed by atoms with Crippen LogP contribution in [-0.4, -0.2) is 10.9 Å². The van der Waals surface area contributed by atoms with E-state index in [1.807, 2.05) is 60.8 Å². The van der Waals surface area contributed by atoms with Gasteiger partial charge in [-0.2, -0.15) is 0 Å². The lowest BCUT2D eigenvalue weighted by Crippen LogP contribution is -2.14. The van der Waals surface area contributed by atoms with Crippen LogP contribution < -0.4 is 10.0 Å². The molecule has 0 saturated heterocycles. The van der Waals surface area contributed by atoms with Gasteiger partial charge in [0, 0.05) is 40.0 Å². The summed E-state index contributed by atoms with van der Waals surface area (Å²) in [5, 5.41) is 5.22. The van der Waals surface area contributed by atoms with Gasteiger partial charge in [0.15, 0.2) is 0 Å². The number of carbonyl (C=O) groups excluding carboxylic acids is 1. The molecule has 5 heteroatoms. The van der Waals surface area contributed by atoms with Crippen molar-refractivity contribution in [1.29, 1.82) is 0 Å². The van der Waals surface area contributed by atoms with Gasteiger partial charge in [-0.05, 0) is 77.7 Å². The fourth-order valence-electron chi connectivity index (χ4n) is 3.66. The van der Waals surface area contributed by atoms with Crippen LogP contribution in [-0.2, 0) is 4.79 Å². The summed E-state index contributed by atoms with van der Waals surface area (Å²) in [6.45, 7) is 0. The first-order chi connectivity index (χ1) is 14.8. The smallest absolute Gasteiger partial charge is 0.228 e. The summed E-state index contributed by atoms with van der Waals surface area (Å²) in [6, 6.07) is 26.5. The van der Waals surface area contributed by atoms with Crippen LogP contribution in [0.5, 0.6) is 0 Å². The molecule has 1 saturated carbocycles. The molecule has 1 amide bonds. The minimum absolute atomic E-state index is 0.0408. The van der Waals surface area contributed by atoms with Crippen molar-refractivity contribution < 1.29 is 4.79 Å². The van der Waals surface area contributed by atoms with Crippen LogP contribution in [0.3, 0.4) is 0 Å². The van der Waals surface area contributed by atoms with Gasteiger partial charge in [0.2, 0.25) is 5.91 Å². The minimum Gasteiger partial charge on any atom is -0.326 e. The molecule has 1 aliphatic rings. The first-order valence-electron chi connectivity index (χ1n) is 9.99. The van der Waals surface area contributed by atoms with Crippen LogP contribution in [0.1, 0.15) is 17.9 Å². The number of amides is 1. The summed E-state index contributed by atoms with van der Waals surface area (Å²) in [5.74, 6) is 0.437. The number of hydrogen-bond acceptors (Lipinski definition) is 4. The lowest BCUT2D eigenvalue weighted by Gasteiger charge is -2.08. The molecule has 1 fully saturated rings. The number of fused-ring (bicyclic) bond motifs is 1. The summed E-state index contributed by atoms with van der Waals surface area (Å²) in [6.07, 6.45) is 4.50. The molecule has 2 atom stereocenters. The average molecular weight is 412 g/mol. The zero-order valence-corrected chi connectivity index (χ0v) is 17.1. The van der Waals surface area contributed by atoms with E-state index in [9.17, 15) is 4.79 Å². The summed E-state index contributed by atoms with van der Waals surface area (Å²) < 4.78 is 3.34. The molecule has 1 aromatic heterocycles. The lowest BCUT2D eigenvalue weighted by atomic mass is 10.1. The van der Waals surface area contributed by atoms with Gasteiger partial charge in [0.25, 0.3) is 0 Å². The monoisotopic (exact) mass is 411 g/mol. The van der Waals surface area contributed by atoms with E-state index in [2.05, 4.69) is 39.3 Å². The van der Waals surface area contributed by atoms with Gasteiger partial charge >= 0.3 is 0 Å². The molecule has 4 aromatic rings. The number of nitrogens with zero attached hydrogens (tertiary/aromatic N) is 1. The van der Waals surface area contributed by atoms with Crippen LogP contribution in [0.15, 0.2) is 96.2 Å². The number of benzene rings is 3. The molecule has 30 heavy (non-hydrogen) atoms. The molecule has 5 rings (SSSR count). The average Bonchev–Trinajstić information content (AvgIpc) is 3.60. The van der Waals surface area contributed by atoms with Crippen molar-refractivity contribution in [2.24, 2.45) is 5.92 Å². The highest BCUT2D eigenvalue weighted by atomic mass is 32.2. The largest absolute Gasteiger partial charge is 0.326 e. The van der Waals surface area contributed by atoms with Crippen molar-refractivity contribution in [1.82, 2.24) is 4.98 Å². The van der Waals surface area contributed by atoms with Gasteiger partial charge in [-0.15, -0.1) is 0 Å². The molecular formula is C25H21N3OS. The van der Waals surface area contributed by atoms with Crippen molar-refractivity contribution in [3.63, 3.8) is 0 Å². The second-order valence-electron chi connectivity index (χ2n) is 7.51. The molecule has 0 bridgehead atoms. The summed E-state index contributed by atoms with van der Waals surface area (Å²) >= 11 is 1.59. The van der Waals surface area contributed by atoms with Gasteiger partial charge < -0.3 is 10.0 Å². The molecule has 3 aromatic carbocycles. The van der Waals surface area contributed by atoms with Crippen molar-refractivity contribution in [3.05, 3.63) is 96.8 Å². The minimum atomic E-state index is 0.0408. The van der Waals surface area contributed by atoms with Crippen LogP contribution in [0, 0.1) is 5.92 Å². The summed E-state index contributed by atoms with van der Waals surface area (Å²) in [5.41, 5.74) is 3.14. The number of rotatable bonds is 6. The molecule has 1 heterocycles. The van der Waals surface area contributed by atoms with Gasteiger partial charge in [-0.1, -0.05) is 36.4 Å². The van der Waals surface area contributed by atoms with Crippen molar-refractivity contribution in [2.75, 3.05) is 10.0 Å². The van der Waals surface area contributed by atoms with Crippen LogP contribution >= 0.6 is 11.9 Å². The normalized spacial score (nSPS) is 17.5. The standard InChI is InChI=1S/C25H21N3OS/c29-25(27-21-9-6-19-16-26-13-12-18(19)14-21)24-15-23(24)17-7-10-22(11-8-17)30-28-20-4-2-1-3-5-20/h1-14,16,23-24,28H,15H2,(H,27,29)/t23-,24?/m0/s1. The third-order valence-electron chi connectivity index (χ3n) is 5.40. The van der Waals surface area contributed by atoms with Crippen LogP contribution in [0.4, 0.5) is 11.4 Å². The maximum atomic E-state index is 12.7. The van der Waals surface area contributed by atoms with E-state index in [1.54, 1.807) is 18.1 Å². The van der Waals surface area contributed by atoms with Gasteiger partial charge in [-0.25, -0.2) is 0 Å². The predicted molar refractivity (Wildman–Crippen MR) is 124 cm³/mol. The van der Waals surface area contributed by atoms with Crippen molar-refractivity contribution in [2.45, 2.75) is 17.2 Å². The molecule has 148 valence electrons. The van der Waals surface area contributed by atoms with Gasteiger partial charge in [0.05, 0.1) is 0 Å². The Labute approximate surface area is 179 Å². The van der Waals surface area contributed by atoms with E-state index in [1.165, 1.54) is 5.56 Å². The first-order valence-corrected chi connectivity index (χ1v) is 10.8. The second kappa shape index (κ2) is 8.20. The molecule has 1 unspecified atom stereocenters. The quantitative estimate of drug-likeness (QED) is 0.377. The zero-order valence-electron chi connectivity index (χ0n) is 16.3. The fraction of sp³-hybridized carbons (Fsp3) is 0.120. The molecule has 2 N–H and O–H groups in total. The topological polar surface area (TPSA) is 54.0 Å². The van der Waals surface area contributed by atoms with Crippen molar-refractivity contribution >= 4 is 40.0 Å². The molecule has 0 spiro atoms. The maximum Gasteiger partial charge on any atom is 0.228 e. The number of aromatic nitrogens is 1. The zero-order chi connectivity index (χ0) is 20.3. The highest BCUT2D eigenvalue weighted by Gasteiger charge is 2.43. The Bertz CT molecular complexity index is 1180. The predicted octanol–water partition coefficient (Wildman–Crippen LogP) is 6.10. The van der Waals surface area contributed by atoms with Crippen LogP contribution in [0.2, 0.25) is 0 Å². The van der Waals surface area contributed by atoms with E-state index in [0.717, 1.165) is 33.5 Å². The lowest BCUT2D eigenvalue weighted by molar-refractivity contribution is -0.117. The number of pyridine rings is 1. The Kier molecular flexibility index (Phi) is 5.11. The molecule has 0 radical (unpaired) electrons. The third-order valence-corrected chi connectivity index (χ3v) is 6.25. The van der Waals surface area contributed by atoms with Gasteiger partial charge in [0.1, 0.15) is 0 Å². The highest BCUT2D eigenvalue weighted by molar-refractivity contribution is 8.00.